The van der Waals surface area contributed by atoms with E-state index in [4.69, 9.17) is 5.73 Å². The van der Waals surface area contributed by atoms with Crippen LogP contribution in [0, 0.1) is 13.8 Å². The fraction of sp³-hybridized carbons (Fsp3) is 0.133. The third-order valence-electron chi connectivity index (χ3n) is 2.77. The highest BCUT2D eigenvalue weighted by Crippen LogP contribution is 2.21. The minimum Gasteiger partial charge on any atom is -0.506 e. The summed E-state index contributed by atoms with van der Waals surface area (Å²) < 4.78 is 0. The molecule has 2 aromatic rings. The molecule has 0 bridgehead atoms. The van der Waals surface area contributed by atoms with Crippen molar-refractivity contribution < 1.29 is 9.90 Å². The maximum Gasteiger partial charge on any atom is 0.255 e. The van der Waals surface area contributed by atoms with Crippen LogP contribution in [0.2, 0.25) is 0 Å². The third-order valence-corrected chi connectivity index (χ3v) is 2.77. The average Bonchev–Trinajstić information content (AvgIpc) is 2.31. The van der Waals surface area contributed by atoms with E-state index in [0.29, 0.717) is 5.56 Å². The summed E-state index contributed by atoms with van der Waals surface area (Å²) in [5.41, 5.74) is 9.01. The first kappa shape index (κ1) is 13.0. The number of rotatable bonds is 2. The maximum absolute atomic E-state index is 12.0. The van der Waals surface area contributed by atoms with Gasteiger partial charge in [0.15, 0.2) is 0 Å². The largest absolute Gasteiger partial charge is 0.506 e. The van der Waals surface area contributed by atoms with Gasteiger partial charge in [-0.2, -0.15) is 0 Å². The predicted molar refractivity (Wildman–Crippen MR) is 76.4 cm³/mol. The first-order chi connectivity index (χ1) is 8.95. The molecule has 0 heterocycles. The van der Waals surface area contributed by atoms with Crippen molar-refractivity contribution in [3.05, 3.63) is 53.1 Å². The Morgan fingerprint density at radius 1 is 1.11 bits per heavy atom. The van der Waals surface area contributed by atoms with Crippen molar-refractivity contribution in [2.24, 2.45) is 0 Å². The van der Waals surface area contributed by atoms with Crippen LogP contribution in [0.5, 0.6) is 5.75 Å². The molecule has 0 aliphatic carbocycles. The van der Waals surface area contributed by atoms with E-state index in [1.807, 2.05) is 32.0 Å². The quantitative estimate of drug-likeness (QED) is 0.571. The Kier molecular flexibility index (Phi) is 3.42. The molecule has 0 aliphatic heterocycles. The summed E-state index contributed by atoms with van der Waals surface area (Å²) in [6.45, 7) is 3.94. The number of nitrogens with one attached hydrogen (secondary N) is 1. The van der Waals surface area contributed by atoms with Crippen molar-refractivity contribution in [3.63, 3.8) is 0 Å². The molecule has 0 radical (unpaired) electrons. The SMILES string of the molecule is Cc1cc(C)cc(NC(=O)c2ccc(N)c(O)c2)c1. The zero-order valence-corrected chi connectivity index (χ0v) is 10.9. The van der Waals surface area contributed by atoms with Crippen LogP contribution in [0.25, 0.3) is 0 Å². The second-order valence-electron chi connectivity index (χ2n) is 4.60. The Hall–Kier alpha value is -2.49. The smallest absolute Gasteiger partial charge is 0.255 e. The zero-order chi connectivity index (χ0) is 14.0. The van der Waals surface area contributed by atoms with Crippen LogP contribution in [0.15, 0.2) is 36.4 Å². The summed E-state index contributed by atoms with van der Waals surface area (Å²) in [6.07, 6.45) is 0. The molecule has 0 aromatic heterocycles. The van der Waals surface area contributed by atoms with Gasteiger partial charge in [0.25, 0.3) is 5.91 Å². The van der Waals surface area contributed by atoms with Crippen molar-refractivity contribution in [2.75, 3.05) is 11.1 Å². The number of carbonyl (C=O) groups is 1. The van der Waals surface area contributed by atoms with E-state index in [-0.39, 0.29) is 17.3 Å². The number of carbonyl (C=O) groups excluding carboxylic acids is 1. The molecular formula is C15H16N2O2. The van der Waals surface area contributed by atoms with Crippen molar-refractivity contribution in [3.8, 4) is 5.75 Å². The van der Waals surface area contributed by atoms with Crippen LogP contribution in [0.1, 0.15) is 21.5 Å². The van der Waals surface area contributed by atoms with Gasteiger partial charge in [-0.05, 0) is 55.3 Å². The number of nitrogen functional groups attached to an aromatic ring is 1. The molecule has 0 fully saturated rings. The summed E-state index contributed by atoms with van der Waals surface area (Å²) in [4.78, 5) is 12.0. The molecule has 0 aliphatic rings. The lowest BCUT2D eigenvalue weighted by Gasteiger charge is -2.08. The van der Waals surface area contributed by atoms with Gasteiger partial charge in [0, 0.05) is 11.3 Å². The van der Waals surface area contributed by atoms with E-state index in [2.05, 4.69) is 5.32 Å². The third kappa shape index (κ3) is 3.04. The Labute approximate surface area is 111 Å². The molecule has 0 atom stereocenters. The van der Waals surface area contributed by atoms with Crippen molar-refractivity contribution in [1.29, 1.82) is 0 Å². The van der Waals surface area contributed by atoms with E-state index >= 15 is 0 Å². The molecule has 2 rings (SSSR count). The van der Waals surface area contributed by atoms with Crippen molar-refractivity contribution in [2.45, 2.75) is 13.8 Å². The molecule has 2 aromatic carbocycles. The monoisotopic (exact) mass is 256 g/mol. The minimum absolute atomic E-state index is 0.0897. The fourth-order valence-electron chi connectivity index (χ4n) is 1.94. The molecule has 1 amide bonds. The molecule has 4 N–H and O–H groups in total. The van der Waals surface area contributed by atoms with E-state index in [1.54, 1.807) is 6.07 Å². The van der Waals surface area contributed by atoms with Gasteiger partial charge >= 0.3 is 0 Å². The summed E-state index contributed by atoms with van der Waals surface area (Å²) in [6, 6.07) is 10.3. The zero-order valence-electron chi connectivity index (χ0n) is 10.9. The lowest BCUT2D eigenvalue weighted by Crippen LogP contribution is -2.12. The van der Waals surface area contributed by atoms with E-state index in [0.717, 1.165) is 16.8 Å². The Balaban J connectivity index is 2.22. The number of aromatic hydroxyl groups is 1. The number of phenolic OH excluding ortho intramolecular Hbond substituents is 1. The number of amides is 1. The normalized spacial score (nSPS) is 10.2. The first-order valence-corrected chi connectivity index (χ1v) is 5.94. The molecule has 98 valence electrons. The van der Waals surface area contributed by atoms with Gasteiger partial charge in [-0.25, -0.2) is 0 Å². The van der Waals surface area contributed by atoms with Crippen molar-refractivity contribution in [1.82, 2.24) is 0 Å². The second-order valence-corrected chi connectivity index (χ2v) is 4.60. The number of phenols is 1. The lowest BCUT2D eigenvalue weighted by molar-refractivity contribution is 0.102. The molecule has 19 heavy (non-hydrogen) atoms. The molecule has 0 unspecified atom stereocenters. The van der Waals surface area contributed by atoms with Gasteiger partial charge in [0.1, 0.15) is 5.75 Å². The Bertz CT molecular complexity index is 616. The topological polar surface area (TPSA) is 75.4 Å². The highest BCUT2D eigenvalue weighted by Gasteiger charge is 2.08. The van der Waals surface area contributed by atoms with Crippen LogP contribution in [0.4, 0.5) is 11.4 Å². The van der Waals surface area contributed by atoms with Crippen LogP contribution < -0.4 is 11.1 Å². The molecular weight excluding hydrogens is 240 g/mol. The predicted octanol–water partition coefficient (Wildman–Crippen LogP) is 2.84. The maximum atomic E-state index is 12.0. The number of hydrogen-bond donors (Lipinski definition) is 3. The number of anilines is 2. The van der Waals surface area contributed by atoms with Gasteiger partial charge in [-0.3, -0.25) is 4.79 Å². The molecule has 0 saturated heterocycles. The number of nitrogens with two attached hydrogens (primary N) is 1. The molecule has 0 saturated carbocycles. The Morgan fingerprint density at radius 3 is 2.32 bits per heavy atom. The first-order valence-electron chi connectivity index (χ1n) is 5.94. The van der Waals surface area contributed by atoms with Crippen LogP contribution >= 0.6 is 0 Å². The second kappa shape index (κ2) is 5.02. The number of aryl methyl sites for hydroxylation is 2. The van der Waals surface area contributed by atoms with E-state index in [9.17, 15) is 9.90 Å². The van der Waals surface area contributed by atoms with Crippen molar-refractivity contribution >= 4 is 17.3 Å². The van der Waals surface area contributed by atoms with Gasteiger partial charge in [-0.15, -0.1) is 0 Å². The highest BCUT2D eigenvalue weighted by molar-refractivity contribution is 6.04. The van der Waals surface area contributed by atoms with Crippen LogP contribution in [-0.4, -0.2) is 11.0 Å². The summed E-state index contributed by atoms with van der Waals surface area (Å²) in [5, 5.41) is 12.3. The average molecular weight is 256 g/mol. The standard InChI is InChI=1S/C15H16N2O2/c1-9-5-10(2)7-12(6-9)17-15(19)11-3-4-13(16)14(18)8-11/h3-8,18H,16H2,1-2H3,(H,17,19). The summed E-state index contributed by atoms with van der Waals surface area (Å²) in [7, 11) is 0. The highest BCUT2D eigenvalue weighted by atomic mass is 16.3. The van der Waals surface area contributed by atoms with Crippen LogP contribution in [-0.2, 0) is 0 Å². The number of benzene rings is 2. The van der Waals surface area contributed by atoms with Gasteiger partial charge < -0.3 is 16.2 Å². The summed E-state index contributed by atoms with van der Waals surface area (Å²) >= 11 is 0. The number of hydrogen-bond acceptors (Lipinski definition) is 3. The molecule has 0 spiro atoms. The van der Waals surface area contributed by atoms with Crippen LogP contribution in [0.3, 0.4) is 0 Å². The lowest BCUT2D eigenvalue weighted by atomic mass is 10.1. The Morgan fingerprint density at radius 2 is 1.74 bits per heavy atom. The fourth-order valence-corrected chi connectivity index (χ4v) is 1.94. The molecule has 4 nitrogen and oxygen atoms in total. The van der Waals surface area contributed by atoms with E-state index < -0.39 is 0 Å². The summed E-state index contributed by atoms with van der Waals surface area (Å²) in [5.74, 6) is -0.367. The van der Waals surface area contributed by atoms with E-state index in [1.165, 1.54) is 12.1 Å². The van der Waals surface area contributed by atoms with Gasteiger partial charge in [0.05, 0.1) is 5.69 Å². The van der Waals surface area contributed by atoms with Gasteiger partial charge in [-0.1, -0.05) is 6.07 Å². The minimum atomic E-state index is -0.277. The van der Waals surface area contributed by atoms with Gasteiger partial charge in [0.2, 0.25) is 0 Å². The molecule has 4 heteroatoms.